The van der Waals surface area contributed by atoms with Crippen LogP contribution in [-0.4, -0.2) is 9.97 Å². The Labute approximate surface area is 314 Å². The second kappa shape index (κ2) is 12.1. The van der Waals surface area contributed by atoms with Crippen molar-refractivity contribution in [3.63, 3.8) is 0 Å². The number of nitrogens with zero attached hydrogens (tertiary/aromatic N) is 2. The lowest BCUT2D eigenvalue weighted by Crippen LogP contribution is -2.42. The van der Waals surface area contributed by atoms with Gasteiger partial charge in [-0.3, -0.25) is 0 Å². The SMILES string of the molecule is C1=CCC2C(=C1)Oc1ccc(-c3ccccc3-c3cc(-c4cccc5ccccc45)nc(-c4ccccc4)n3)cc1C21c2ccccc2-c2ccccc21. The second-order valence-corrected chi connectivity index (χ2v) is 14.4. The van der Waals surface area contributed by atoms with Gasteiger partial charge in [-0.1, -0.05) is 164 Å². The van der Waals surface area contributed by atoms with Gasteiger partial charge in [-0.05, 0) is 74.8 Å². The van der Waals surface area contributed by atoms with Crippen LogP contribution in [0.1, 0.15) is 23.1 Å². The Morgan fingerprint density at radius 1 is 0.500 bits per heavy atom. The summed E-state index contributed by atoms with van der Waals surface area (Å²) in [7, 11) is 0. The summed E-state index contributed by atoms with van der Waals surface area (Å²) in [5.41, 5.74) is 13.2. The maximum Gasteiger partial charge on any atom is 0.160 e. The number of benzene rings is 7. The molecule has 1 unspecified atom stereocenters. The Balaban J connectivity index is 1.14. The molecular formula is C51H34N2O. The van der Waals surface area contributed by atoms with Gasteiger partial charge in [-0.15, -0.1) is 0 Å². The molecule has 0 radical (unpaired) electrons. The van der Waals surface area contributed by atoms with Crippen molar-refractivity contribution in [3.05, 3.63) is 211 Å². The molecule has 0 saturated carbocycles. The van der Waals surface area contributed by atoms with Crippen molar-refractivity contribution in [3.8, 4) is 61.9 Å². The van der Waals surface area contributed by atoms with Crippen LogP contribution in [0.15, 0.2) is 194 Å². The number of hydrogen-bond donors (Lipinski definition) is 0. The lowest BCUT2D eigenvalue weighted by molar-refractivity contribution is 0.253. The standard InChI is InChI=1S/C51H34N2O/c1-2-16-34(17-3-1)50-52-46(32-47(53-50)41-24-14-18-33-15-4-5-19-36(33)41)40-23-7-6-20-37(40)35-29-30-49-45(31-35)51(44-27-12-13-28-48(44)54-49)42-25-10-8-21-38(42)39-22-9-11-26-43(39)51/h1-26,28-32,44H,27H2. The number of ether oxygens (including phenoxy) is 1. The fourth-order valence-electron chi connectivity index (χ4n) is 9.30. The molecule has 3 nitrogen and oxygen atoms in total. The first-order valence-corrected chi connectivity index (χ1v) is 18.7. The van der Waals surface area contributed by atoms with Gasteiger partial charge in [0.05, 0.1) is 16.8 Å². The average molecular weight is 691 g/mol. The molecule has 1 aromatic heterocycles. The third-order valence-corrected chi connectivity index (χ3v) is 11.6. The molecular weight excluding hydrogens is 657 g/mol. The van der Waals surface area contributed by atoms with Crippen molar-refractivity contribution in [1.29, 1.82) is 0 Å². The van der Waals surface area contributed by atoms with Crippen molar-refractivity contribution < 1.29 is 4.74 Å². The molecule has 1 atom stereocenters. The van der Waals surface area contributed by atoms with Gasteiger partial charge in [-0.25, -0.2) is 9.97 Å². The molecule has 1 spiro atoms. The highest BCUT2D eigenvalue weighted by Gasteiger charge is 2.55. The number of fused-ring (bicyclic) bond motifs is 10. The number of allylic oxidation sites excluding steroid dienone is 4. The Bertz CT molecular complexity index is 2800. The van der Waals surface area contributed by atoms with Crippen LogP contribution >= 0.6 is 0 Å². The van der Waals surface area contributed by atoms with E-state index in [0.29, 0.717) is 5.82 Å². The van der Waals surface area contributed by atoms with Crippen LogP contribution in [0.4, 0.5) is 0 Å². The van der Waals surface area contributed by atoms with E-state index in [0.717, 1.165) is 57.1 Å². The van der Waals surface area contributed by atoms with Gasteiger partial charge in [0, 0.05) is 28.2 Å². The molecule has 254 valence electrons. The molecule has 0 amide bonds. The summed E-state index contributed by atoms with van der Waals surface area (Å²) in [6, 6.07) is 60.8. The van der Waals surface area contributed by atoms with E-state index in [-0.39, 0.29) is 5.92 Å². The molecule has 0 bridgehead atoms. The Kier molecular flexibility index (Phi) is 6.90. The minimum Gasteiger partial charge on any atom is -0.461 e. The quantitative estimate of drug-likeness (QED) is 0.184. The molecule has 0 N–H and O–H groups in total. The number of aromatic nitrogens is 2. The Morgan fingerprint density at radius 2 is 1.13 bits per heavy atom. The smallest absolute Gasteiger partial charge is 0.160 e. The van der Waals surface area contributed by atoms with Gasteiger partial charge in [0.2, 0.25) is 0 Å². The first-order valence-electron chi connectivity index (χ1n) is 18.7. The van der Waals surface area contributed by atoms with Gasteiger partial charge in [0.15, 0.2) is 5.82 Å². The molecule has 1 aliphatic heterocycles. The summed E-state index contributed by atoms with van der Waals surface area (Å²) >= 11 is 0. The molecule has 7 aromatic carbocycles. The lowest BCUT2D eigenvalue weighted by atomic mass is 9.60. The van der Waals surface area contributed by atoms with Crippen molar-refractivity contribution in [2.75, 3.05) is 0 Å². The number of hydrogen-bond acceptors (Lipinski definition) is 3. The highest BCUT2D eigenvalue weighted by Crippen LogP contribution is 2.63. The Morgan fingerprint density at radius 3 is 1.93 bits per heavy atom. The largest absolute Gasteiger partial charge is 0.461 e. The predicted molar refractivity (Wildman–Crippen MR) is 219 cm³/mol. The van der Waals surface area contributed by atoms with Crippen molar-refractivity contribution in [1.82, 2.24) is 9.97 Å². The van der Waals surface area contributed by atoms with E-state index >= 15 is 0 Å². The lowest BCUT2D eigenvalue weighted by Gasteiger charge is -2.46. The summed E-state index contributed by atoms with van der Waals surface area (Å²) in [5.74, 6) is 2.77. The van der Waals surface area contributed by atoms with Crippen LogP contribution in [0.3, 0.4) is 0 Å². The van der Waals surface area contributed by atoms with E-state index < -0.39 is 5.41 Å². The zero-order valence-electron chi connectivity index (χ0n) is 29.5. The molecule has 11 rings (SSSR count). The first-order chi connectivity index (χ1) is 26.8. The highest BCUT2D eigenvalue weighted by molar-refractivity contribution is 5.97. The van der Waals surface area contributed by atoms with E-state index in [1.54, 1.807) is 0 Å². The third-order valence-electron chi connectivity index (χ3n) is 11.6. The number of rotatable bonds is 4. The maximum absolute atomic E-state index is 6.81. The molecule has 54 heavy (non-hydrogen) atoms. The van der Waals surface area contributed by atoms with Crippen LogP contribution in [0, 0.1) is 5.92 Å². The van der Waals surface area contributed by atoms with E-state index in [2.05, 4.69) is 170 Å². The van der Waals surface area contributed by atoms with Crippen LogP contribution in [0.25, 0.3) is 66.9 Å². The van der Waals surface area contributed by atoms with Gasteiger partial charge in [-0.2, -0.15) is 0 Å². The van der Waals surface area contributed by atoms with Crippen molar-refractivity contribution in [2.24, 2.45) is 5.92 Å². The van der Waals surface area contributed by atoms with Crippen LogP contribution < -0.4 is 4.74 Å². The van der Waals surface area contributed by atoms with Gasteiger partial charge >= 0.3 is 0 Å². The zero-order chi connectivity index (χ0) is 35.6. The maximum atomic E-state index is 6.81. The van der Waals surface area contributed by atoms with Crippen molar-refractivity contribution >= 4 is 10.8 Å². The second-order valence-electron chi connectivity index (χ2n) is 14.4. The minimum absolute atomic E-state index is 0.129. The molecule has 2 aliphatic carbocycles. The molecule has 0 saturated heterocycles. The summed E-state index contributed by atoms with van der Waals surface area (Å²) in [5, 5.41) is 2.35. The normalized spacial score (nSPS) is 15.9. The summed E-state index contributed by atoms with van der Waals surface area (Å²) in [6.07, 6.45) is 7.49. The van der Waals surface area contributed by atoms with E-state index in [1.807, 2.05) is 18.2 Å². The average Bonchev–Trinajstić information content (AvgIpc) is 3.54. The topological polar surface area (TPSA) is 35.0 Å². The van der Waals surface area contributed by atoms with Crippen LogP contribution in [-0.2, 0) is 5.41 Å². The predicted octanol–water partition coefficient (Wildman–Crippen LogP) is 12.5. The van der Waals surface area contributed by atoms with Gasteiger partial charge in [0.25, 0.3) is 0 Å². The van der Waals surface area contributed by atoms with E-state index in [1.165, 1.54) is 38.6 Å². The minimum atomic E-state index is -0.404. The molecule has 0 fully saturated rings. The first kappa shape index (κ1) is 30.8. The van der Waals surface area contributed by atoms with Crippen LogP contribution in [0.5, 0.6) is 5.75 Å². The summed E-state index contributed by atoms with van der Waals surface area (Å²) in [4.78, 5) is 10.5. The van der Waals surface area contributed by atoms with E-state index in [9.17, 15) is 0 Å². The molecule has 3 aliphatic rings. The zero-order valence-corrected chi connectivity index (χ0v) is 29.5. The van der Waals surface area contributed by atoms with Crippen LogP contribution in [0.2, 0.25) is 0 Å². The third kappa shape index (κ3) is 4.55. The summed E-state index contributed by atoms with van der Waals surface area (Å²) < 4.78 is 6.81. The highest BCUT2D eigenvalue weighted by atomic mass is 16.5. The van der Waals surface area contributed by atoms with Crippen molar-refractivity contribution in [2.45, 2.75) is 11.8 Å². The summed E-state index contributed by atoms with van der Waals surface area (Å²) in [6.45, 7) is 0. The van der Waals surface area contributed by atoms with Gasteiger partial charge in [0.1, 0.15) is 11.5 Å². The monoisotopic (exact) mass is 690 g/mol. The molecule has 2 heterocycles. The molecule has 8 aromatic rings. The van der Waals surface area contributed by atoms with Gasteiger partial charge < -0.3 is 4.74 Å². The fourth-order valence-corrected chi connectivity index (χ4v) is 9.30. The molecule has 3 heteroatoms. The fraction of sp³-hybridized carbons (Fsp3) is 0.0588. The Hall–Kier alpha value is -6.84. The van der Waals surface area contributed by atoms with E-state index in [4.69, 9.17) is 14.7 Å².